The minimum absolute atomic E-state index is 0.215. The fourth-order valence-electron chi connectivity index (χ4n) is 3.97. The molecule has 1 fully saturated rings. The predicted molar refractivity (Wildman–Crippen MR) is 97.3 cm³/mol. The third-order valence-electron chi connectivity index (χ3n) is 5.35. The summed E-state index contributed by atoms with van der Waals surface area (Å²) in [7, 11) is 0. The highest BCUT2D eigenvalue weighted by atomic mass is 16.6. The Kier molecular flexibility index (Phi) is 4.84. The van der Waals surface area contributed by atoms with Gasteiger partial charge in [-0.15, -0.1) is 0 Å². The molecule has 0 aromatic heterocycles. The molecule has 3 rings (SSSR count). The van der Waals surface area contributed by atoms with Crippen molar-refractivity contribution in [3.63, 3.8) is 0 Å². The lowest BCUT2D eigenvalue weighted by molar-refractivity contribution is -0.171. The van der Waals surface area contributed by atoms with Gasteiger partial charge in [0.1, 0.15) is 6.10 Å². The summed E-state index contributed by atoms with van der Waals surface area (Å²) >= 11 is 0. The average Bonchev–Trinajstić information content (AvgIpc) is 3.07. The molecule has 0 spiro atoms. The molecule has 0 aromatic rings. The molecule has 5 atom stereocenters. The van der Waals surface area contributed by atoms with Crippen LogP contribution in [0.15, 0.2) is 47.6 Å². The summed E-state index contributed by atoms with van der Waals surface area (Å²) in [6.07, 6.45) is 1.41. The molecule has 0 saturated carbocycles. The standard InChI is InChI=1S/C21H24O6/c1-9(2)20(23)27-19-16-12(5)21(24)26-18(16)15-10(3)7-8-14(15)11(4)17(19)25-13(6)22/h7-9,15-19H,3,5H2,1-2,4,6H3. The lowest BCUT2D eigenvalue weighted by Gasteiger charge is -2.32. The fraction of sp³-hybridized carbons (Fsp3) is 0.476. The molecule has 6 nitrogen and oxygen atoms in total. The number of ether oxygens (including phenoxy) is 3. The van der Waals surface area contributed by atoms with Crippen molar-refractivity contribution in [2.75, 3.05) is 0 Å². The van der Waals surface area contributed by atoms with E-state index in [1.54, 1.807) is 13.8 Å². The van der Waals surface area contributed by atoms with E-state index in [4.69, 9.17) is 14.2 Å². The molecule has 1 heterocycles. The first kappa shape index (κ1) is 19.1. The smallest absolute Gasteiger partial charge is 0.334 e. The molecule has 0 radical (unpaired) electrons. The number of carbonyl (C=O) groups excluding carboxylic acids is 3. The number of hydrogen-bond donors (Lipinski definition) is 0. The average molecular weight is 372 g/mol. The molecule has 1 saturated heterocycles. The zero-order valence-corrected chi connectivity index (χ0v) is 16.0. The van der Waals surface area contributed by atoms with Gasteiger partial charge in [0.2, 0.25) is 0 Å². The highest BCUT2D eigenvalue weighted by molar-refractivity contribution is 5.91. The Morgan fingerprint density at radius 1 is 1.19 bits per heavy atom. The van der Waals surface area contributed by atoms with Gasteiger partial charge < -0.3 is 14.2 Å². The van der Waals surface area contributed by atoms with Crippen LogP contribution in [0.2, 0.25) is 0 Å². The predicted octanol–water partition coefficient (Wildman–Crippen LogP) is 2.66. The van der Waals surface area contributed by atoms with Gasteiger partial charge in [-0.3, -0.25) is 9.59 Å². The Morgan fingerprint density at radius 3 is 2.44 bits per heavy atom. The van der Waals surface area contributed by atoms with Crippen molar-refractivity contribution in [3.8, 4) is 0 Å². The summed E-state index contributed by atoms with van der Waals surface area (Å²) in [4.78, 5) is 36.5. The molecular formula is C21H24O6. The zero-order chi connectivity index (χ0) is 20.0. The van der Waals surface area contributed by atoms with Gasteiger partial charge >= 0.3 is 17.9 Å². The van der Waals surface area contributed by atoms with Crippen LogP contribution in [0, 0.1) is 17.8 Å². The zero-order valence-electron chi connectivity index (χ0n) is 16.0. The van der Waals surface area contributed by atoms with Crippen molar-refractivity contribution >= 4 is 17.9 Å². The third-order valence-corrected chi connectivity index (χ3v) is 5.35. The molecular weight excluding hydrogens is 348 g/mol. The second kappa shape index (κ2) is 6.83. The van der Waals surface area contributed by atoms with Crippen LogP contribution in [0.5, 0.6) is 0 Å². The molecule has 0 amide bonds. The Hall–Kier alpha value is -2.63. The van der Waals surface area contributed by atoms with Gasteiger partial charge in [0.15, 0.2) is 12.2 Å². The van der Waals surface area contributed by atoms with E-state index in [9.17, 15) is 14.4 Å². The van der Waals surface area contributed by atoms with Gasteiger partial charge in [0.25, 0.3) is 0 Å². The normalized spacial score (nSPS) is 32.2. The van der Waals surface area contributed by atoms with Gasteiger partial charge in [-0.2, -0.15) is 0 Å². The van der Waals surface area contributed by atoms with Gasteiger partial charge in [0.05, 0.1) is 11.8 Å². The van der Waals surface area contributed by atoms with Crippen LogP contribution < -0.4 is 0 Å². The van der Waals surface area contributed by atoms with Crippen LogP contribution in [0.3, 0.4) is 0 Å². The van der Waals surface area contributed by atoms with Gasteiger partial charge in [0, 0.05) is 18.4 Å². The third kappa shape index (κ3) is 3.13. The fourth-order valence-corrected chi connectivity index (χ4v) is 3.97. The number of hydrogen-bond acceptors (Lipinski definition) is 6. The van der Waals surface area contributed by atoms with Crippen LogP contribution in [-0.2, 0) is 28.6 Å². The van der Waals surface area contributed by atoms with E-state index in [2.05, 4.69) is 13.2 Å². The monoisotopic (exact) mass is 372 g/mol. The summed E-state index contributed by atoms with van der Waals surface area (Å²) < 4.78 is 16.9. The lowest BCUT2D eigenvalue weighted by Crippen LogP contribution is -2.44. The van der Waals surface area contributed by atoms with Crippen molar-refractivity contribution in [2.24, 2.45) is 17.8 Å². The summed E-state index contributed by atoms with van der Waals surface area (Å²) in [5.74, 6) is -2.76. The first-order chi connectivity index (χ1) is 12.6. The number of fused-ring (bicyclic) bond motifs is 3. The summed E-state index contributed by atoms with van der Waals surface area (Å²) in [6.45, 7) is 14.5. The van der Waals surface area contributed by atoms with Crippen molar-refractivity contribution in [3.05, 3.63) is 47.6 Å². The van der Waals surface area contributed by atoms with E-state index >= 15 is 0 Å². The van der Waals surface area contributed by atoms with Crippen molar-refractivity contribution in [2.45, 2.75) is 46.0 Å². The van der Waals surface area contributed by atoms with E-state index in [0.717, 1.165) is 16.7 Å². The number of carbonyl (C=O) groups is 3. The van der Waals surface area contributed by atoms with Crippen molar-refractivity contribution in [1.82, 2.24) is 0 Å². The summed E-state index contributed by atoms with van der Waals surface area (Å²) in [5, 5.41) is 0. The first-order valence-electron chi connectivity index (χ1n) is 8.98. The largest absolute Gasteiger partial charge is 0.457 e. The lowest BCUT2D eigenvalue weighted by atomic mass is 9.82. The molecule has 5 unspecified atom stereocenters. The molecule has 144 valence electrons. The van der Waals surface area contributed by atoms with Crippen molar-refractivity contribution < 1.29 is 28.6 Å². The number of esters is 3. The van der Waals surface area contributed by atoms with E-state index in [-0.39, 0.29) is 17.4 Å². The molecule has 0 bridgehead atoms. The van der Waals surface area contributed by atoms with Gasteiger partial charge in [-0.25, -0.2) is 4.79 Å². The molecule has 3 aliphatic rings. The Balaban J connectivity index is 2.15. The highest BCUT2D eigenvalue weighted by Gasteiger charge is 2.56. The molecule has 0 N–H and O–H groups in total. The van der Waals surface area contributed by atoms with E-state index in [1.165, 1.54) is 6.92 Å². The molecule has 0 aromatic carbocycles. The maximum absolute atomic E-state index is 12.4. The maximum atomic E-state index is 12.4. The topological polar surface area (TPSA) is 78.9 Å². The van der Waals surface area contributed by atoms with Gasteiger partial charge in [-0.1, -0.05) is 39.2 Å². The number of allylic oxidation sites excluding steroid dienone is 2. The molecule has 27 heavy (non-hydrogen) atoms. The summed E-state index contributed by atoms with van der Waals surface area (Å²) in [6, 6.07) is 0. The van der Waals surface area contributed by atoms with Crippen LogP contribution in [0.1, 0.15) is 27.7 Å². The SMILES string of the molecule is C=C1C=CC2=C(C)C(OC(C)=O)C(OC(=O)C(C)C)C3C(=C)C(=O)OC3C12. The van der Waals surface area contributed by atoms with Crippen LogP contribution in [0.25, 0.3) is 0 Å². The van der Waals surface area contributed by atoms with Gasteiger partial charge in [-0.05, 0) is 23.6 Å². The van der Waals surface area contributed by atoms with E-state index in [0.29, 0.717) is 0 Å². The Labute approximate surface area is 158 Å². The number of rotatable bonds is 3. The Bertz CT molecular complexity index is 799. The minimum atomic E-state index is -0.896. The van der Waals surface area contributed by atoms with Crippen LogP contribution in [-0.4, -0.2) is 36.2 Å². The highest BCUT2D eigenvalue weighted by Crippen LogP contribution is 2.49. The van der Waals surface area contributed by atoms with Crippen LogP contribution >= 0.6 is 0 Å². The van der Waals surface area contributed by atoms with Crippen LogP contribution in [0.4, 0.5) is 0 Å². The summed E-state index contributed by atoms with van der Waals surface area (Å²) in [5.41, 5.74) is 2.63. The minimum Gasteiger partial charge on any atom is -0.457 e. The van der Waals surface area contributed by atoms with Crippen molar-refractivity contribution in [1.29, 1.82) is 0 Å². The quantitative estimate of drug-likeness (QED) is 0.431. The first-order valence-corrected chi connectivity index (χ1v) is 8.98. The van der Waals surface area contributed by atoms with E-state index < -0.39 is 42.1 Å². The second-order valence-electron chi connectivity index (χ2n) is 7.53. The maximum Gasteiger partial charge on any atom is 0.334 e. The molecule has 2 aliphatic carbocycles. The molecule has 1 aliphatic heterocycles. The Morgan fingerprint density at radius 2 is 1.85 bits per heavy atom. The molecule has 6 heteroatoms. The van der Waals surface area contributed by atoms with E-state index in [1.807, 2.05) is 19.1 Å². The second-order valence-corrected chi connectivity index (χ2v) is 7.53.